The van der Waals surface area contributed by atoms with Crippen LogP contribution in [0.5, 0.6) is 0 Å². The van der Waals surface area contributed by atoms with Crippen molar-refractivity contribution in [1.29, 1.82) is 0 Å². The Balaban J connectivity index is 2.14. The molecule has 0 saturated heterocycles. The van der Waals surface area contributed by atoms with Crippen LogP contribution in [0.2, 0.25) is 5.22 Å². The van der Waals surface area contributed by atoms with E-state index >= 15 is 0 Å². The Labute approximate surface area is 109 Å². The molecular formula is C12H12ClNO2S. The second kappa shape index (κ2) is 5.38. The first-order valence-electron chi connectivity index (χ1n) is 5.27. The summed E-state index contributed by atoms with van der Waals surface area (Å²) in [6, 6.07) is 5.59. The highest BCUT2D eigenvalue weighted by Gasteiger charge is 2.19. The molecule has 0 radical (unpaired) electrons. The van der Waals surface area contributed by atoms with Crippen LogP contribution in [0.3, 0.4) is 0 Å². The average molecular weight is 270 g/mol. The zero-order valence-electron chi connectivity index (χ0n) is 9.35. The molecule has 2 heterocycles. The molecule has 17 heavy (non-hydrogen) atoms. The summed E-state index contributed by atoms with van der Waals surface area (Å²) in [4.78, 5) is 15.1. The van der Waals surface area contributed by atoms with Gasteiger partial charge in [0.05, 0.1) is 18.4 Å². The maximum absolute atomic E-state index is 12.2. The topological polar surface area (TPSA) is 33.5 Å². The van der Waals surface area contributed by atoms with Crippen molar-refractivity contribution in [2.24, 2.45) is 0 Å². The van der Waals surface area contributed by atoms with Crippen molar-refractivity contribution in [1.82, 2.24) is 4.90 Å². The van der Waals surface area contributed by atoms with Crippen molar-refractivity contribution in [2.45, 2.75) is 13.5 Å². The normalized spacial score (nSPS) is 10.5. The molecule has 0 aliphatic carbocycles. The minimum absolute atomic E-state index is 0.0975. The molecule has 0 atom stereocenters. The molecule has 5 heteroatoms. The lowest BCUT2D eigenvalue weighted by molar-refractivity contribution is 0.0753. The van der Waals surface area contributed by atoms with Gasteiger partial charge in [0.15, 0.2) is 0 Å². The molecule has 0 bridgehead atoms. The molecule has 2 rings (SSSR count). The van der Waals surface area contributed by atoms with Crippen LogP contribution in [0.4, 0.5) is 0 Å². The van der Waals surface area contributed by atoms with Gasteiger partial charge in [0.25, 0.3) is 5.91 Å². The quantitative estimate of drug-likeness (QED) is 0.849. The van der Waals surface area contributed by atoms with E-state index in [1.165, 1.54) is 6.26 Å². The molecule has 0 fully saturated rings. The molecule has 0 aliphatic rings. The summed E-state index contributed by atoms with van der Waals surface area (Å²) in [5.74, 6) is -0.0975. The molecule has 0 N–H and O–H groups in total. The number of halogens is 1. The lowest BCUT2D eigenvalue weighted by Crippen LogP contribution is -2.29. The number of amides is 1. The number of hydrogen-bond acceptors (Lipinski definition) is 3. The first kappa shape index (κ1) is 12.2. The van der Waals surface area contributed by atoms with E-state index in [1.54, 1.807) is 22.3 Å². The van der Waals surface area contributed by atoms with Crippen molar-refractivity contribution in [3.63, 3.8) is 0 Å². The van der Waals surface area contributed by atoms with E-state index in [1.807, 2.05) is 24.4 Å². The fourth-order valence-electron chi connectivity index (χ4n) is 1.53. The first-order chi connectivity index (χ1) is 8.22. The van der Waals surface area contributed by atoms with Gasteiger partial charge < -0.3 is 9.32 Å². The monoisotopic (exact) mass is 269 g/mol. The van der Waals surface area contributed by atoms with Gasteiger partial charge in [0.2, 0.25) is 5.22 Å². The molecule has 90 valence electrons. The molecule has 2 aromatic heterocycles. The number of nitrogens with zero attached hydrogens (tertiary/aromatic N) is 1. The predicted molar refractivity (Wildman–Crippen MR) is 68.5 cm³/mol. The minimum Gasteiger partial charge on any atom is -0.452 e. The van der Waals surface area contributed by atoms with Gasteiger partial charge in [-0.2, -0.15) is 0 Å². The summed E-state index contributed by atoms with van der Waals surface area (Å²) >= 11 is 7.44. The zero-order valence-corrected chi connectivity index (χ0v) is 10.9. The Morgan fingerprint density at radius 2 is 2.35 bits per heavy atom. The van der Waals surface area contributed by atoms with E-state index in [2.05, 4.69) is 0 Å². The fourth-order valence-corrected chi connectivity index (χ4v) is 2.45. The molecule has 3 nitrogen and oxygen atoms in total. The van der Waals surface area contributed by atoms with Crippen molar-refractivity contribution in [2.75, 3.05) is 6.54 Å². The maximum Gasteiger partial charge on any atom is 0.259 e. The van der Waals surface area contributed by atoms with Crippen molar-refractivity contribution >= 4 is 28.8 Å². The summed E-state index contributed by atoms with van der Waals surface area (Å²) in [7, 11) is 0. The second-order valence-electron chi connectivity index (χ2n) is 3.51. The van der Waals surface area contributed by atoms with Crippen LogP contribution in [0.25, 0.3) is 0 Å². The third-order valence-electron chi connectivity index (χ3n) is 2.44. The highest BCUT2D eigenvalue weighted by molar-refractivity contribution is 7.09. The number of carbonyl (C=O) groups excluding carboxylic acids is 1. The highest BCUT2D eigenvalue weighted by atomic mass is 35.5. The van der Waals surface area contributed by atoms with Crippen LogP contribution in [-0.2, 0) is 6.54 Å². The van der Waals surface area contributed by atoms with Gasteiger partial charge >= 0.3 is 0 Å². The van der Waals surface area contributed by atoms with Gasteiger partial charge in [-0.3, -0.25) is 4.79 Å². The average Bonchev–Trinajstić information content (AvgIpc) is 2.96. The van der Waals surface area contributed by atoms with E-state index in [9.17, 15) is 4.79 Å². The van der Waals surface area contributed by atoms with Crippen LogP contribution in [0, 0.1) is 0 Å². The van der Waals surface area contributed by atoms with Gasteiger partial charge in [-0.15, -0.1) is 11.3 Å². The minimum atomic E-state index is -0.0975. The van der Waals surface area contributed by atoms with Crippen molar-refractivity contribution in [3.8, 4) is 0 Å². The Kier molecular flexibility index (Phi) is 3.86. The van der Waals surface area contributed by atoms with Gasteiger partial charge in [-0.05, 0) is 36.0 Å². The van der Waals surface area contributed by atoms with E-state index < -0.39 is 0 Å². The largest absolute Gasteiger partial charge is 0.452 e. The van der Waals surface area contributed by atoms with Crippen molar-refractivity contribution in [3.05, 3.63) is 45.5 Å². The molecule has 0 spiro atoms. The van der Waals surface area contributed by atoms with Crippen LogP contribution >= 0.6 is 22.9 Å². The van der Waals surface area contributed by atoms with Gasteiger partial charge in [-0.25, -0.2) is 0 Å². The molecule has 2 aromatic rings. The van der Waals surface area contributed by atoms with Gasteiger partial charge in [0, 0.05) is 11.4 Å². The maximum atomic E-state index is 12.2. The lowest BCUT2D eigenvalue weighted by atomic mass is 10.3. The third kappa shape index (κ3) is 2.70. The van der Waals surface area contributed by atoms with Gasteiger partial charge in [0.1, 0.15) is 0 Å². The Bertz CT molecular complexity index is 492. The molecule has 0 aromatic carbocycles. The predicted octanol–water partition coefficient (Wildman–Crippen LogP) is 3.66. The number of carbonyl (C=O) groups is 1. The summed E-state index contributed by atoms with van der Waals surface area (Å²) in [6.07, 6.45) is 1.43. The van der Waals surface area contributed by atoms with Gasteiger partial charge in [-0.1, -0.05) is 6.07 Å². The highest BCUT2D eigenvalue weighted by Crippen LogP contribution is 2.20. The van der Waals surface area contributed by atoms with Crippen LogP contribution in [-0.4, -0.2) is 17.4 Å². The number of thiophene rings is 1. The van der Waals surface area contributed by atoms with Crippen LogP contribution in [0.15, 0.2) is 34.3 Å². The van der Waals surface area contributed by atoms with E-state index in [0.29, 0.717) is 18.7 Å². The van der Waals surface area contributed by atoms with E-state index in [-0.39, 0.29) is 11.1 Å². The summed E-state index contributed by atoms with van der Waals surface area (Å²) in [6.45, 7) is 3.19. The number of furan rings is 1. The van der Waals surface area contributed by atoms with E-state index in [0.717, 1.165) is 4.88 Å². The second-order valence-corrected chi connectivity index (χ2v) is 4.88. The number of hydrogen-bond donors (Lipinski definition) is 0. The fraction of sp³-hybridized carbons (Fsp3) is 0.250. The zero-order chi connectivity index (χ0) is 12.3. The molecule has 1 amide bonds. The molecule has 0 saturated carbocycles. The Hall–Kier alpha value is -1.26. The Morgan fingerprint density at radius 1 is 1.53 bits per heavy atom. The smallest absolute Gasteiger partial charge is 0.259 e. The molecule has 0 unspecified atom stereocenters. The summed E-state index contributed by atoms with van der Waals surface area (Å²) in [5, 5.41) is 2.15. The molecular weight excluding hydrogens is 258 g/mol. The first-order valence-corrected chi connectivity index (χ1v) is 6.52. The summed E-state index contributed by atoms with van der Waals surface area (Å²) < 4.78 is 4.94. The lowest BCUT2D eigenvalue weighted by Gasteiger charge is -2.19. The van der Waals surface area contributed by atoms with Crippen molar-refractivity contribution < 1.29 is 9.21 Å². The summed E-state index contributed by atoms with van der Waals surface area (Å²) in [5.41, 5.74) is 0.421. The standard InChI is InChI=1S/C12H12ClNO2S/c1-2-14(8-9-4-3-7-17-9)12(15)10-5-6-16-11(10)13/h3-7H,2,8H2,1H3. The Morgan fingerprint density at radius 3 is 2.88 bits per heavy atom. The van der Waals surface area contributed by atoms with E-state index in [4.69, 9.17) is 16.0 Å². The van der Waals surface area contributed by atoms with Crippen LogP contribution < -0.4 is 0 Å². The SMILES string of the molecule is CCN(Cc1cccs1)C(=O)c1ccoc1Cl. The molecule has 0 aliphatic heterocycles. The number of rotatable bonds is 4. The third-order valence-corrected chi connectivity index (χ3v) is 3.60. The van der Waals surface area contributed by atoms with Crippen LogP contribution in [0.1, 0.15) is 22.2 Å².